The van der Waals surface area contributed by atoms with E-state index >= 15 is 0 Å². The van der Waals surface area contributed by atoms with Crippen LogP contribution in [0.3, 0.4) is 0 Å². The van der Waals surface area contributed by atoms with Crippen LogP contribution in [0.4, 0.5) is 5.69 Å². The number of pyridine rings is 1. The van der Waals surface area contributed by atoms with Gasteiger partial charge in [0.2, 0.25) is 10.0 Å². The summed E-state index contributed by atoms with van der Waals surface area (Å²) in [5.41, 5.74) is 2.99. The third-order valence-electron chi connectivity index (χ3n) is 5.03. The van der Waals surface area contributed by atoms with Crippen LogP contribution in [0.25, 0.3) is 0 Å². The molecular formula is C13H22N4O2S. The fourth-order valence-corrected chi connectivity index (χ4v) is 3.99. The summed E-state index contributed by atoms with van der Waals surface area (Å²) in [5.74, 6) is 5.65. The molecule has 0 aliphatic heterocycles. The first-order valence-electron chi connectivity index (χ1n) is 6.55. The van der Waals surface area contributed by atoms with Crippen molar-refractivity contribution in [3.8, 4) is 0 Å². The molecule has 0 radical (unpaired) electrons. The van der Waals surface area contributed by atoms with E-state index in [1.165, 1.54) is 18.5 Å². The van der Waals surface area contributed by atoms with Crippen molar-refractivity contribution in [2.75, 3.05) is 12.0 Å². The lowest BCUT2D eigenvalue weighted by Crippen LogP contribution is -2.28. The van der Waals surface area contributed by atoms with Crippen LogP contribution >= 0.6 is 0 Å². The Bertz CT molecular complexity index is 597. The van der Waals surface area contributed by atoms with Gasteiger partial charge in [0.25, 0.3) is 0 Å². The Labute approximate surface area is 120 Å². The van der Waals surface area contributed by atoms with Gasteiger partial charge in [-0.3, -0.25) is 10.8 Å². The third-order valence-corrected chi connectivity index (χ3v) is 6.48. The normalized spacial score (nSPS) is 20.6. The van der Waals surface area contributed by atoms with E-state index in [0.29, 0.717) is 18.2 Å². The summed E-state index contributed by atoms with van der Waals surface area (Å²) >= 11 is 0. The highest BCUT2D eigenvalue weighted by molar-refractivity contribution is 7.89. The smallest absolute Gasteiger partial charge is 0.244 e. The predicted molar refractivity (Wildman–Crippen MR) is 78.3 cm³/mol. The molecule has 4 N–H and O–H groups in total. The number of nitrogens with one attached hydrogen (secondary N) is 2. The molecule has 2 rings (SSSR count). The van der Waals surface area contributed by atoms with Crippen molar-refractivity contribution in [1.29, 1.82) is 0 Å². The molecule has 1 aromatic heterocycles. The number of sulfonamides is 1. The quantitative estimate of drug-likeness (QED) is 0.563. The maximum Gasteiger partial charge on any atom is 0.244 e. The highest BCUT2D eigenvalue weighted by Crippen LogP contribution is 2.67. The van der Waals surface area contributed by atoms with Crippen LogP contribution in [0.5, 0.6) is 0 Å². The Morgan fingerprint density at radius 2 is 1.90 bits per heavy atom. The van der Waals surface area contributed by atoms with Crippen molar-refractivity contribution >= 4 is 15.7 Å². The zero-order chi connectivity index (χ0) is 15.2. The lowest BCUT2D eigenvalue weighted by Gasteiger charge is -2.11. The largest absolute Gasteiger partial charge is 0.323 e. The number of hydrazine groups is 1. The lowest BCUT2D eigenvalue weighted by atomic mass is 10.0. The first kappa shape index (κ1) is 15.2. The van der Waals surface area contributed by atoms with Gasteiger partial charge >= 0.3 is 0 Å². The van der Waals surface area contributed by atoms with E-state index in [2.05, 4.69) is 42.8 Å². The Morgan fingerprint density at radius 1 is 1.30 bits per heavy atom. The van der Waals surface area contributed by atoms with Gasteiger partial charge in [-0.25, -0.2) is 13.1 Å². The van der Waals surface area contributed by atoms with E-state index in [-0.39, 0.29) is 15.7 Å². The average molecular weight is 298 g/mol. The van der Waals surface area contributed by atoms with Gasteiger partial charge in [0.15, 0.2) is 0 Å². The molecule has 0 bridgehead atoms. The Hall–Kier alpha value is -1.18. The zero-order valence-corrected chi connectivity index (χ0v) is 13.1. The van der Waals surface area contributed by atoms with Gasteiger partial charge in [-0.15, -0.1) is 0 Å². The van der Waals surface area contributed by atoms with Crippen molar-refractivity contribution in [2.24, 2.45) is 22.6 Å². The van der Waals surface area contributed by atoms with E-state index in [9.17, 15) is 8.42 Å². The van der Waals surface area contributed by atoms with Crippen LogP contribution in [0.15, 0.2) is 23.4 Å². The number of nitrogens with two attached hydrogens (primary N) is 1. The summed E-state index contributed by atoms with van der Waals surface area (Å²) in [6, 6.07) is 1.53. The minimum atomic E-state index is -3.61. The van der Waals surface area contributed by atoms with Crippen molar-refractivity contribution in [3.63, 3.8) is 0 Å². The molecule has 20 heavy (non-hydrogen) atoms. The number of nitrogens with zero attached hydrogens (tertiary/aromatic N) is 1. The van der Waals surface area contributed by atoms with Gasteiger partial charge in [-0.2, -0.15) is 0 Å². The summed E-state index contributed by atoms with van der Waals surface area (Å²) < 4.78 is 27.3. The van der Waals surface area contributed by atoms with Crippen LogP contribution in [0, 0.1) is 16.7 Å². The maximum absolute atomic E-state index is 12.3. The number of rotatable bonds is 5. The Kier molecular flexibility index (Phi) is 3.56. The van der Waals surface area contributed by atoms with Crippen molar-refractivity contribution in [3.05, 3.63) is 18.5 Å². The number of hydrogen-bond donors (Lipinski definition) is 3. The van der Waals surface area contributed by atoms with Gasteiger partial charge < -0.3 is 5.43 Å². The van der Waals surface area contributed by atoms with Gasteiger partial charge in [0.1, 0.15) is 4.90 Å². The minimum absolute atomic E-state index is 0.0683. The van der Waals surface area contributed by atoms with Gasteiger partial charge in [-0.05, 0) is 22.8 Å². The molecule has 0 unspecified atom stereocenters. The molecule has 1 aliphatic carbocycles. The van der Waals surface area contributed by atoms with Gasteiger partial charge in [0, 0.05) is 18.9 Å². The molecule has 0 aromatic carbocycles. The topological polar surface area (TPSA) is 97.1 Å². The maximum atomic E-state index is 12.3. The van der Waals surface area contributed by atoms with E-state index in [1.807, 2.05) is 0 Å². The molecule has 112 valence electrons. The van der Waals surface area contributed by atoms with Crippen molar-refractivity contribution in [1.82, 2.24) is 9.71 Å². The van der Waals surface area contributed by atoms with Crippen molar-refractivity contribution in [2.45, 2.75) is 32.6 Å². The highest BCUT2D eigenvalue weighted by Gasteiger charge is 2.64. The summed E-state index contributed by atoms with van der Waals surface area (Å²) in [4.78, 5) is 3.91. The SMILES string of the molecule is CC1(C)C(CNS(=O)(=O)c2cnccc2NN)C1(C)C. The molecule has 0 spiro atoms. The monoisotopic (exact) mass is 298 g/mol. The van der Waals surface area contributed by atoms with E-state index < -0.39 is 10.0 Å². The molecule has 1 aliphatic rings. The highest BCUT2D eigenvalue weighted by atomic mass is 32.2. The molecule has 7 heteroatoms. The van der Waals surface area contributed by atoms with Crippen molar-refractivity contribution < 1.29 is 8.42 Å². The molecule has 1 heterocycles. The standard InChI is InChI=1S/C13H22N4O2S/c1-12(2)11(13(12,3)4)8-16-20(18,19)10-7-15-6-5-9(10)17-14/h5-7,11,16H,8,14H2,1-4H3,(H,15,17). The first-order valence-corrected chi connectivity index (χ1v) is 8.03. The number of hydrogen-bond acceptors (Lipinski definition) is 5. The molecule has 1 saturated carbocycles. The molecular weight excluding hydrogens is 276 g/mol. The van der Waals surface area contributed by atoms with Gasteiger partial charge in [-0.1, -0.05) is 27.7 Å². The number of nitrogen functional groups attached to an aromatic ring is 1. The van der Waals surface area contributed by atoms with E-state index in [4.69, 9.17) is 5.84 Å². The Balaban J connectivity index is 2.14. The lowest BCUT2D eigenvalue weighted by molar-refractivity contribution is 0.457. The summed E-state index contributed by atoms with van der Waals surface area (Å²) in [5, 5.41) is 0. The number of anilines is 1. The molecule has 0 atom stereocenters. The molecule has 6 nitrogen and oxygen atoms in total. The summed E-state index contributed by atoms with van der Waals surface area (Å²) in [7, 11) is -3.61. The third kappa shape index (κ3) is 2.30. The molecule has 1 fully saturated rings. The van der Waals surface area contributed by atoms with Crippen LogP contribution in [-0.2, 0) is 10.0 Å². The fraction of sp³-hybridized carbons (Fsp3) is 0.615. The first-order chi connectivity index (χ1) is 9.14. The van der Waals surface area contributed by atoms with Crippen LogP contribution in [-0.4, -0.2) is 19.9 Å². The van der Waals surface area contributed by atoms with Gasteiger partial charge in [0.05, 0.1) is 5.69 Å². The number of aromatic nitrogens is 1. The van der Waals surface area contributed by atoms with Crippen LogP contribution in [0.2, 0.25) is 0 Å². The van der Waals surface area contributed by atoms with Crippen LogP contribution in [0.1, 0.15) is 27.7 Å². The zero-order valence-electron chi connectivity index (χ0n) is 12.3. The minimum Gasteiger partial charge on any atom is -0.323 e. The second-order valence-electron chi connectivity index (χ2n) is 6.36. The van der Waals surface area contributed by atoms with E-state index in [0.717, 1.165) is 0 Å². The Morgan fingerprint density at radius 3 is 2.40 bits per heavy atom. The van der Waals surface area contributed by atoms with Crippen LogP contribution < -0.4 is 16.0 Å². The summed E-state index contributed by atoms with van der Waals surface area (Å²) in [6.45, 7) is 9.04. The second-order valence-corrected chi connectivity index (χ2v) is 8.10. The fourth-order valence-electron chi connectivity index (χ4n) is 2.83. The molecule has 0 saturated heterocycles. The average Bonchev–Trinajstić information content (AvgIpc) is 2.77. The molecule has 1 aromatic rings. The predicted octanol–water partition coefficient (Wildman–Crippen LogP) is 1.33. The van der Waals surface area contributed by atoms with E-state index in [1.54, 1.807) is 0 Å². The summed E-state index contributed by atoms with van der Waals surface area (Å²) in [6.07, 6.45) is 2.78. The second kappa shape index (κ2) is 4.68. The molecule has 0 amide bonds.